The van der Waals surface area contributed by atoms with Gasteiger partial charge in [-0.25, -0.2) is 22.7 Å². The van der Waals surface area contributed by atoms with Crippen molar-refractivity contribution in [2.45, 2.75) is 4.90 Å². The van der Waals surface area contributed by atoms with Crippen LogP contribution in [0.5, 0.6) is 0 Å². The third kappa shape index (κ3) is 4.31. The normalized spacial score (nSPS) is 14.4. The first-order valence-electron chi connectivity index (χ1n) is 8.69. The number of piperazine rings is 1. The van der Waals surface area contributed by atoms with Crippen molar-refractivity contribution >= 4 is 27.4 Å². The van der Waals surface area contributed by atoms with E-state index < -0.39 is 21.8 Å². The summed E-state index contributed by atoms with van der Waals surface area (Å²) in [6.45, 7) is 1.89. The first kappa shape index (κ1) is 20.6. The maximum atomic E-state index is 14.3. The summed E-state index contributed by atoms with van der Waals surface area (Å²) < 4.78 is 42.3. The Morgan fingerprint density at radius 2 is 1.69 bits per heavy atom. The van der Waals surface area contributed by atoms with Crippen molar-refractivity contribution in [1.29, 1.82) is 5.26 Å². The fraction of sp³-hybridized carbons (Fsp3) is 0.263. The Bertz CT molecular complexity index is 1090. The van der Waals surface area contributed by atoms with E-state index in [1.807, 2.05) is 15.9 Å². The van der Waals surface area contributed by atoms with Crippen LogP contribution in [0.4, 0.5) is 15.8 Å². The number of rotatable bonds is 4. The highest BCUT2D eigenvalue weighted by atomic mass is 32.2. The van der Waals surface area contributed by atoms with Crippen molar-refractivity contribution in [3.05, 3.63) is 53.3 Å². The number of anilines is 2. The van der Waals surface area contributed by atoms with Crippen molar-refractivity contribution in [2.24, 2.45) is 5.14 Å². The van der Waals surface area contributed by atoms with Gasteiger partial charge in [0, 0.05) is 26.2 Å². The zero-order valence-electron chi connectivity index (χ0n) is 15.6. The Balaban J connectivity index is 1.84. The van der Waals surface area contributed by atoms with Crippen LogP contribution in [0.2, 0.25) is 0 Å². The standard InChI is InChI=1S/C19H19FN4O4S/c1-28-19(25)15-11-14(29(22,26)27)3-5-17(15)23-6-8-24(9-7-23)18-4-2-13(12-21)10-16(18)20/h2-5,10-11H,6-9H2,1H3,(H2,22,26,27). The predicted octanol–water partition coefficient (Wildman–Crippen LogP) is 1.46. The van der Waals surface area contributed by atoms with Crippen molar-refractivity contribution < 1.29 is 22.3 Å². The average molecular weight is 418 g/mol. The number of hydrogen-bond donors (Lipinski definition) is 1. The Kier molecular flexibility index (Phi) is 5.72. The number of sulfonamides is 1. The number of nitrogens with zero attached hydrogens (tertiary/aromatic N) is 3. The SMILES string of the molecule is COC(=O)c1cc(S(N)(=O)=O)ccc1N1CCN(c2ccc(C#N)cc2F)CC1. The number of primary sulfonamides is 1. The molecule has 0 aliphatic carbocycles. The number of esters is 1. The minimum atomic E-state index is -3.97. The zero-order valence-corrected chi connectivity index (χ0v) is 16.4. The van der Waals surface area contributed by atoms with Crippen LogP contribution in [0, 0.1) is 17.1 Å². The van der Waals surface area contributed by atoms with Gasteiger partial charge in [-0.2, -0.15) is 5.26 Å². The maximum absolute atomic E-state index is 14.3. The molecule has 2 aromatic rings. The molecular weight excluding hydrogens is 399 g/mol. The molecule has 1 aliphatic rings. The summed E-state index contributed by atoms with van der Waals surface area (Å²) in [6.07, 6.45) is 0. The van der Waals surface area contributed by atoms with Crippen LogP contribution in [0.25, 0.3) is 0 Å². The second-order valence-corrected chi connectivity index (χ2v) is 8.03. The molecule has 0 aromatic heterocycles. The summed E-state index contributed by atoms with van der Waals surface area (Å²) >= 11 is 0. The van der Waals surface area contributed by atoms with Gasteiger partial charge in [-0.1, -0.05) is 0 Å². The van der Waals surface area contributed by atoms with Gasteiger partial charge in [0.25, 0.3) is 0 Å². The van der Waals surface area contributed by atoms with Crippen LogP contribution in [0.1, 0.15) is 15.9 Å². The number of nitrogens with two attached hydrogens (primary N) is 1. The van der Waals surface area contributed by atoms with E-state index in [9.17, 15) is 17.6 Å². The van der Waals surface area contributed by atoms with E-state index in [4.69, 9.17) is 15.1 Å². The van der Waals surface area contributed by atoms with Gasteiger partial charge in [0.1, 0.15) is 5.82 Å². The number of carbonyl (C=O) groups excluding carboxylic acids is 1. The molecule has 2 N–H and O–H groups in total. The molecule has 2 aromatic carbocycles. The molecule has 0 amide bonds. The fourth-order valence-corrected chi connectivity index (χ4v) is 3.80. The number of methoxy groups -OCH3 is 1. The third-order valence-corrected chi connectivity index (χ3v) is 5.65. The summed E-state index contributed by atoms with van der Waals surface area (Å²) in [6, 6.07) is 10.3. The molecule has 1 fully saturated rings. The Morgan fingerprint density at radius 3 is 2.21 bits per heavy atom. The molecule has 0 spiro atoms. The maximum Gasteiger partial charge on any atom is 0.340 e. The van der Waals surface area contributed by atoms with Crippen molar-refractivity contribution in [1.82, 2.24) is 0 Å². The molecule has 0 atom stereocenters. The molecule has 1 heterocycles. The molecule has 8 nitrogen and oxygen atoms in total. The van der Waals surface area contributed by atoms with Gasteiger partial charge in [0.2, 0.25) is 10.0 Å². The van der Waals surface area contributed by atoms with Crippen LogP contribution >= 0.6 is 0 Å². The molecule has 0 radical (unpaired) electrons. The summed E-state index contributed by atoms with van der Waals surface area (Å²) in [5, 5.41) is 14.0. The van der Waals surface area contributed by atoms with E-state index in [1.165, 1.54) is 31.4 Å². The molecule has 10 heteroatoms. The number of hydrogen-bond acceptors (Lipinski definition) is 7. The average Bonchev–Trinajstić information content (AvgIpc) is 2.72. The zero-order chi connectivity index (χ0) is 21.2. The lowest BCUT2D eigenvalue weighted by atomic mass is 10.1. The molecule has 0 bridgehead atoms. The van der Waals surface area contributed by atoms with E-state index in [0.717, 1.165) is 0 Å². The van der Waals surface area contributed by atoms with Gasteiger partial charge < -0.3 is 14.5 Å². The first-order valence-corrected chi connectivity index (χ1v) is 10.2. The lowest BCUT2D eigenvalue weighted by Crippen LogP contribution is -2.47. The van der Waals surface area contributed by atoms with Crippen LogP contribution in [0.15, 0.2) is 41.3 Å². The topological polar surface area (TPSA) is 117 Å². The van der Waals surface area contributed by atoms with Crippen molar-refractivity contribution in [3.8, 4) is 6.07 Å². The Labute approximate surface area is 167 Å². The molecule has 1 aliphatic heterocycles. The van der Waals surface area contributed by atoms with Crippen molar-refractivity contribution in [3.63, 3.8) is 0 Å². The van der Waals surface area contributed by atoms with Crippen molar-refractivity contribution in [2.75, 3.05) is 43.1 Å². The predicted molar refractivity (Wildman–Crippen MR) is 105 cm³/mol. The number of nitriles is 1. The van der Waals surface area contributed by atoms with E-state index in [-0.39, 0.29) is 16.0 Å². The van der Waals surface area contributed by atoms with Gasteiger partial charge >= 0.3 is 5.97 Å². The fourth-order valence-electron chi connectivity index (χ4n) is 3.26. The lowest BCUT2D eigenvalue weighted by molar-refractivity contribution is 0.0601. The molecule has 1 saturated heterocycles. The van der Waals surface area contributed by atoms with Gasteiger partial charge in [-0.3, -0.25) is 0 Å². The van der Waals surface area contributed by atoms with Gasteiger partial charge in [0.05, 0.1) is 40.6 Å². The van der Waals surface area contributed by atoms with Crippen LogP contribution in [0.3, 0.4) is 0 Å². The minimum Gasteiger partial charge on any atom is -0.465 e. The highest BCUT2D eigenvalue weighted by molar-refractivity contribution is 7.89. The highest BCUT2D eigenvalue weighted by Crippen LogP contribution is 2.28. The van der Waals surface area contributed by atoms with Gasteiger partial charge in [0.15, 0.2) is 0 Å². The molecule has 3 rings (SSSR count). The minimum absolute atomic E-state index is 0.0945. The largest absolute Gasteiger partial charge is 0.465 e. The number of halogens is 1. The monoisotopic (exact) mass is 418 g/mol. The summed E-state index contributed by atoms with van der Waals surface area (Å²) in [5.74, 6) is -1.14. The number of ether oxygens (including phenoxy) is 1. The van der Waals surface area contributed by atoms with E-state index in [0.29, 0.717) is 37.6 Å². The van der Waals surface area contributed by atoms with Gasteiger partial charge in [-0.05, 0) is 36.4 Å². The van der Waals surface area contributed by atoms with Gasteiger partial charge in [-0.15, -0.1) is 0 Å². The quantitative estimate of drug-likeness (QED) is 0.747. The first-order chi connectivity index (χ1) is 13.7. The van der Waals surface area contributed by atoms with Crippen LogP contribution in [-0.2, 0) is 14.8 Å². The highest BCUT2D eigenvalue weighted by Gasteiger charge is 2.25. The second-order valence-electron chi connectivity index (χ2n) is 6.47. The van der Waals surface area contributed by atoms with E-state index in [1.54, 1.807) is 12.1 Å². The molecular formula is C19H19FN4O4S. The summed E-state index contributed by atoms with van der Waals surface area (Å²) in [4.78, 5) is 15.7. The van der Waals surface area contributed by atoms with E-state index in [2.05, 4.69) is 0 Å². The summed E-state index contributed by atoms with van der Waals surface area (Å²) in [7, 11) is -2.76. The molecule has 29 heavy (non-hydrogen) atoms. The number of benzene rings is 2. The van der Waals surface area contributed by atoms with E-state index >= 15 is 0 Å². The third-order valence-electron chi connectivity index (χ3n) is 4.74. The van der Waals surface area contributed by atoms with Crippen LogP contribution in [-0.4, -0.2) is 47.7 Å². The smallest absolute Gasteiger partial charge is 0.340 e. The van der Waals surface area contributed by atoms with Crippen LogP contribution < -0.4 is 14.9 Å². The molecule has 0 unspecified atom stereocenters. The second kappa shape index (κ2) is 8.06. The molecule has 152 valence electrons. The Hall–Kier alpha value is -3.16. The lowest BCUT2D eigenvalue weighted by Gasteiger charge is -2.38. The Morgan fingerprint density at radius 1 is 1.10 bits per heavy atom. The molecule has 0 saturated carbocycles. The summed E-state index contributed by atoms with van der Waals surface area (Å²) in [5.41, 5.74) is 1.27. The number of carbonyl (C=O) groups is 1.